The molecule has 0 fully saturated rings. The van der Waals surface area contributed by atoms with Crippen LogP contribution in [-0.2, 0) is 13.1 Å². The number of aromatic nitrogens is 1. The molecule has 1 aliphatic heterocycles. The van der Waals surface area contributed by atoms with E-state index in [9.17, 15) is 9.18 Å². The average molecular weight is 431 g/mol. The van der Waals surface area contributed by atoms with Gasteiger partial charge >= 0.3 is 0 Å². The smallest absolute Gasteiger partial charge is 0.261 e. The number of nitrogens with zero attached hydrogens (tertiary/aromatic N) is 2. The Balaban J connectivity index is 1.41. The van der Waals surface area contributed by atoms with Gasteiger partial charge in [-0.05, 0) is 36.4 Å². The maximum absolute atomic E-state index is 13.8. The van der Waals surface area contributed by atoms with Gasteiger partial charge in [-0.2, -0.15) is 0 Å². The second kappa shape index (κ2) is 8.20. The zero-order valence-corrected chi connectivity index (χ0v) is 17.2. The first-order chi connectivity index (χ1) is 15.2. The number of carbonyl (C=O) groups is 1. The van der Waals surface area contributed by atoms with Crippen LogP contribution in [0, 0.1) is 5.82 Å². The fourth-order valence-electron chi connectivity index (χ4n) is 3.46. The fourth-order valence-corrected chi connectivity index (χ4v) is 4.39. The summed E-state index contributed by atoms with van der Waals surface area (Å²) in [5.41, 5.74) is 2.31. The van der Waals surface area contributed by atoms with Crippen LogP contribution in [0.1, 0.15) is 20.8 Å². The second-order valence-electron chi connectivity index (χ2n) is 7.04. The standard InChI is InChI=1S/C24H18FN3O2S/c25-18-8-3-1-6-16(18)14-27-23(29)21-11-12-22(31-21)28-15-17-7-2-4-10-20(17)30-24-19(28)9-5-13-26-24/h1-13H,14-15H2,(H,27,29). The Bertz CT molecular complexity index is 1260. The highest BCUT2D eigenvalue weighted by atomic mass is 32.1. The van der Waals surface area contributed by atoms with E-state index in [0.29, 0.717) is 22.9 Å². The number of benzene rings is 2. The monoisotopic (exact) mass is 431 g/mol. The molecule has 4 aromatic rings. The number of ether oxygens (including phenoxy) is 1. The lowest BCUT2D eigenvalue weighted by atomic mass is 10.2. The van der Waals surface area contributed by atoms with Gasteiger partial charge in [-0.3, -0.25) is 4.79 Å². The van der Waals surface area contributed by atoms with Crippen molar-refractivity contribution in [1.29, 1.82) is 0 Å². The van der Waals surface area contributed by atoms with Crippen molar-refractivity contribution in [3.05, 3.63) is 101 Å². The van der Waals surface area contributed by atoms with Gasteiger partial charge in [0.2, 0.25) is 5.88 Å². The third-order valence-corrected chi connectivity index (χ3v) is 6.14. The van der Waals surface area contributed by atoms with E-state index in [1.165, 1.54) is 17.4 Å². The summed E-state index contributed by atoms with van der Waals surface area (Å²) in [6.07, 6.45) is 1.70. The number of fused-ring (bicyclic) bond motifs is 2. The molecule has 2 aromatic heterocycles. The van der Waals surface area contributed by atoms with Crippen molar-refractivity contribution in [1.82, 2.24) is 10.3 Å². The Hall–Kier alpha value is -3.71. The number of hydrogen-bond acceptors (Lipinski definition) is 5. The molecule has 0 unspecified atom stereocenters. The van der Waals surface area contributed by atoms with E-state index in [0.717, 1.165) is 22.0 Å². The van der Waals surface area contributed by atoms with Crippen LogP contribution in [0.2, 0.25) is 0 Å². The molecule has 1 N–H and O–H groups in total. The third-order valence-electron chi connectivity index (χ3n) is 5.03. The summed E-state index contributed by atoms with van der Waals surface area (Å²) >= 11 is 1.37. The molecular weight excluding hydrogens is 413 g/mol. The molecule has 1 aliphatic rings. The number of para-hydroxylation sites is 1. The minimum atomic E-state index is -0.331. The highest BCUT2D eigenvalue weighted by Crippen LogP contribution is 2.42. The first-order valence-corrected chi connectivity index (χ1v) is 10.6. The van der Waals surface area contributed by atoms with E-state index >= 15 is 0 Å². The number of nitrogens with one attached hydrogen (secondary N) is 1. The van der Waals surface area contributed by atoms with Gasteiger partial charge in [0, 0.05) is 23.9 Å². The number of rotatable bonds is 4. The fraction of sp³-hybridized carbons (Fsp3) is 0.0833. The highest BCUT2D eigenvalue weighted by Gasteiger charge is 2.24. The lowest BCUT2D eigenvalue weighted by molar-refractivity contribution is 0.0954. The van der Waals surface area contributed by atoms with E-state index in [1.807, 2.05) is 42.5 Å². The first-order valence-electron chi connectivity index (χ1n) is 9.79. The average Bonchev–Trinajstić information content (AvgIpc) is 3.22. The molecule has 0 aliphatic carbocycles. The van der Waals surface area contributed by atoms with Gasteiger partial charge in [-0.1, -0.05) is 36.4 Å². The Labute approximate surface area is 182 Å². The van der Waals surface area contributed by atoms with Crippen molar-refractivity contribution >= 4 is 27.9 Å². The van der Waals surface area contributed by atoms with Crippen LogP contribution in [0.4, 0.5) is 15.1 Å². The molecule has 31 heavy (non-hydrogen) atoms. The lowest BCUT2D eigenvalue weighted by Gasteiger charge is -2.21. The Morgan fingerprint density at radius 3 is 2.81 bits per heavy atom. The predicted molar refractivity (Wildman–Crippen MR) is 118 cm³/mol. The Morgan fingerprint density at radius 1 is 1.06 bits per heavy atom. The van der Waals surface area contributed by atoms with Crippen molar-refractivity contribution in [2.45, 2.75) is 13.1 Å². The number of anilines is 2. The molecule has 5 rings (SSSR count). The van der Waals surface area contributed by atoms with Crippen molar-refractivity contribution < 1.29 is 13.9 Å². The number of thiophene rings is 1. The molecule has 0 saturated carbocycles. The van der Waals surface area contributed by atoms with E-state index in [4.69, 9.17) is 4.74 Å². The Morgan fingerprint density at radius 2 is 1.90 bits per heavy atom. The van der Waals surface area contributed by atoms with Crippen LogP contribution in [0.5, 0.6) is 11.6 Å². The van der Waals surface area contributed by atoms with Gasteiger partial charge in [0.25, 0.3) is 5.91 Å². The third kappa shape index (κ3) is 3.87. The van der Waals surface area contributed by atoms with Crippen LogP contribution in [-0.4, -0.2) is 10.9 Å². The highest BCUT2D eigenvalue weighted by molar-refractivity contribution is 7.18. The molecule has 0 spiro atoms. The number of pyridine rings is 1. The number of amides is 1. The van der Waals surface area contributed by atoms with Crippen LogP contribution in [0.3, 0.4) is 0 Å². The maximum atomic E-state index is 13.8. The molecule has 0 bridgehead atoms. The van der Waals surface area contributed by atoms with Crippen molar-refractivity contribution in [2.24, 2.45) is 0 Å². The number of carbonyl (C=O) groups excluding carboxylic acids is 1. The van der Waals surface area contributed by atoms with Gasteiger partial charge < -0.3 is 15.0 Å². The molecule has 0 saturated heterocycles. The topological polar surface area (TPSA) is 54.5 Å². The van der Waals surface area contributed by atoms with E-state index < -0.39 is 0 Å². The molecule has 3 heterocycles. The van der Waals surface area contributed by atoms with Crippen molar-refractivity contribution in [3.63, 3.8) is 0 Å². The quantitative estimate of drug-likeness (QED) is 0.453. The van der Waals surface area contributed by atoms with Crippen LogP contribution >= 0.6 is 11.3 Å². The lowest BCUT2D eigenvalue weighted by Crippen LogP contribution is -2.22. The van der Waals surface area contributed by atoms with Crippen LogP contribution in [0.25, 0.3) is 0 Å². The van der Waals surface area contributed by atoms with E-state index in [2.05, 4.69) is 15.2 Å². The molecular formula is C24H18FN3O2S. The zero-order valence-electron chi connectivity index (χ0n) is 16.4. The molecule has 2 aromatic carbocycles. The minimum absolute atomic E-state index is 0.135. The van der Waals surface area contributed by atoms with Crippen molar-refractivity contribution in [2.75, 3.05) is 4.90 Å². The van der Waals surface area contributed by atoms with E-state index in [-0.39, 0.29) is 18.3 Å². The summed E-state index contributed by atoms with van der Waals surface area (Å²) in [4.78, 5) is 19.7. The van der Waals surface area contributed by atoms with E-state index in [1.54, 1.807) is 30.5 Å². The van der Waals surface area contributed by atoms with Gasteiger partial charge in [0.15, 0.2) is 0 Å². The molecule has 0 radical (unpaired) electrons. The molecule has 7 heteroatoms. The van der Waals surface area contributed by atoms with Gasteiger partial charge in [-0.15, -0.1) is 11.3 Å². The number of halogens is 1. The van der Waals surface area contributed by atoms with Gasteiger partial charge in [-0.25, -0.2) is 9.37 Å². The SMILES string of the molecule is O=C(NCc1ccccc1F)c1ccc(N2Cc3ccccc3Oc3ncccc32)s1. The molecule has 5 nitrogen and oxygen atoms in total. The molecule has 1 amide bonds. The van der Waals surface area contributed by atoms with Crippen LogP contribution < -0.4 is 15.0 Å². The molecule has 154 valence electrons. The summed E-state index contributed by atoms with van der Waals surface area (Å²) in [7, 11) is 0. The van der Waals surface area contributed by atoms with Crippen molar-refractivity contribution in [3.8, 4) is 11.6 Å². The largest absolute Gasteiger partial charge is 0.437 e. The minimum Gasteiger partial charge on any atom is -0.437 e. The normalized spacial score (nSPS) is 12.4. The summed E-state index contributed by atoms with van der Waals surface area (Å²) in [5, 5.41) is 3.69. The summed E-state index contributed by atoms with van der Waals surface area (Å²) in [6, 6.07) is 21.8. The van der Waals surface area contributed by atoms with Crippen LogP contribution in [0.15, 0.2) is 79.0 Å². The first kappa shape index (κ1) is 19.3. The summed E-state index contributed by atoms with van der Waals surface area (Å²) < 4.78 is 19.9. The van der Waals surface area contributed by atoms with Gasteiger partial charge in [0.1, 0.15) is 17.3 Å². The second-order valence-corrected chi connectivity index (χ2v) is 8.10. The maximum Gasteiger partial charge on any atom is 0.261 e. The zero-order chi connectivity index (χ0) is 21.2. The predicted octanol–water partition coefficient (Wildman–Crippen LogP) is 5.66. The number of hydrogen-bond donors (Lipinski definition) is 1. The molecule has 0 atom stereocenters. The van der Waals surface area contributed by atoms with Gasteiger partial charge in [0.05, 0.1) is 16.4 Å². The Kier molecular flexibility index (Phi) is 5.09. The summed E-state index contributed by atoms with van der Waals surface area (Å²) in [6.45, 7) is 0.724. The summed E-state index contributed by atoms with van der Waals surface area (Å²) in [5.74, 6) is 0.718.